The second-order valence-corrected chi connectivity index (χ2v) is 7.31. The normalized spacial score (nSPS) is 13.3. The maximum absolute atomic E-state index is 12.0. The van der Waals surface area contributed by atoms with Crippen LogP contribution >= 0.6 is 0 Å². The van der Waals surface area contributed by atoms with E-state index in [1.807, 2.05) is 45.0 Å². The lowest BCUT2D eigenvalue weighted by Gasteiger charge is -2.18. The highest BCUT2D eigenvalue weighted by Gasteiger charge is 2.19. The number of rotatable bonds is 13. The van der Waals surface area contributed by atoms with Gasteiger partial charge < -0.3 is 24.8 Å². The summed E-state index contributed by atoms with van der Waals surface area (Å²) in [4.78, 5) is 25.3. The highest BCUT2D eigenvalue weighted by atomic mass is 16.5. The smallest absolute Gasteiger partial charge is 0.298 e. The number of benzene rings is 1. The minimum atomic E-state index is 0.000803. The molecule has 32 heavy (non-hydrogen) atoms. The lowest BCUT2D eigenvalue weighted by molar-refractivity contribution is -0.120. The quantitative estimate of drug-likeness (QED) is 0.159. The van der Waals surface area contributed by atoms with E-state index in [1.165, 1.54) is 6.07 Å². The fourth-order valence-electron chi connectivity index (χ4n) is 3.17. The first-order valence-electron chi connectivity index (χ1n) is 10.4. The number of aldehydes is 1. The molecule has 0 saturated heterocycles. The van der Waals surface area contributed by atoms with Crippen molar-refractivity contribution in [2.24, 2.45) is 0 Å². The van der Waals surface area contributed by atoms with Gasteiger partial charge >= 0.3 is 0 Å². The number of nitrogens with one attached hydrogen (secondary N) is 1. The summed E-state index contributed by atoms with van der Waals surface area (Å²) in [5, 5.41) is 13.7. The van der Waals surface area contributed by atoms with Gasteiger partial charge in [0.05, 0.1) is 12.7 Å². The van der Waals surface area contributed by atoms with Gasteiger partial charge in [-0.1, -0.05) is 12.2 Å². The van der Waals surface area contributed by atoms with Gasteiger partial charge in [0, 0.05) is 30.8 Å². The van der Waals surface area contributed by atoms with Crippen LogP contribution in [0.2, 0.25) is 0 Å². The molecule has 2 N–H and O–H groups in total. The van der Waals surface area contributed by atoms with Gasteiger partial charge in [0.1, 0.15) is 17.3 Å². The van der Waals surface area contributed by atoms with Crippen LogP contribution in [-0.4, -0.2) is 57.1 Å². The van der Waals surface area contributed by atoms with E-state index >= 15 is 0 Å². The van der Waals surface area contributed by atoms with Crippen LogP contribution < -0.4 is 10.1 Å². The van der Waals surface area contributed by atoms with Crippen LogP contribution in [-0.2, 0) is 20.9 Å². The number of ether oxygens (including phenoxy) is 2. The van der Waals surface area contributed by atoms with Crippen LogP contribution in [0.4, 0.5) is 0 Å². The fraction of sp³-hybridized carbons (Fsp3) is 0.360. The molecule has 0 aliphatic carbocycles. The Morgan fingerprint density at radius 3 is 2.47 bits per heavy atom. The first-order valence-corrected chi connectivity index (χ1v) is 10.4. The van der Waals surface area contributed by atoms with Crippen LogP contribution in [0.15, 0.2) is 53.3 Å². The van der Waals surface area contributed by atoms with Crippen LogP contribution in [0.3, 0.4) is 0 Å². The molecular weight excluding hydrogens is 408 g/mol. The number of phenols is 1. The maximum Gasteiger partial charge on any atom is 0.298 e. The third-order valence-electron chi connectivity index (χ3n) is 4.75. The highest BCUT2D eigenvalue weighted by molar-refractivity contribution is 6.00. The van der Waals surface area contributed by atoms with Crippen molar-refractivity contribution in [3.05, 3.63) is 64.5 Å². The standard InChI is InChI=1S/C25H34N2O5/c1-7-9-24(31-6)18(3)14-19(16-28)20(8-2)21-10-11-23(30)22(25(21)32-17-29)15-26-12-13-27(4)5/h7-11,14,16-17,26,30H,12-13,15H2,1-6H3/b9-7-,19-14+,20-8-,24-18-. The Morgan fingerprint density at radius 1 is 1.22 bits per heavy atom. The van der Waals surface area contributed by atoms with Crippen molar-refractivity contribution in [1.82, 2.24) is 10.2 Å². The van der Waals surface area contributed by atoms with Gasteiger partial charge in [0.15, 0.2) is 6.29 Å². The molecule has 0 unspecified atom stereocenters. The zero-order valence-electron chi connectivity index (χ0n) is 19.8. The molecule has 0 aliphatic heterocycles. The van der Waals surface area contributed by atoms with Crippen molar-refractivity contribution in [3.63, 3.8) is 0 Å². The largest absolute Gasteiger partial charge is 0.507 e. The maximum atomic E-state index is 12.0. The van der Waals surface area contributed by atoms with Gasteiger partial charge in [-0.15, -0.1) is 0 Å². The summed E-state index contributed by atoms with van der Waals surface area (Å²) in [7, 11) is 5.50. The summed E-state index contributed by atoms with van der Waals surface area (Å²) in [6.45, 7) is 7.61. The number of nitrogens with zero attached hydrogens (tertiary/aromatic N) is 1. The molecule has 0 aromatic heterocycles. The summed E-state index contributed by atoms with van der Waals surface area (Å²) in [5.74, 6) is 0.837. The number of carbonyl (C=O) groups excluding carboxylic acids is 2. The molecule has 1 aromatic carbocycles. The molecular formula is C25H34N2O5. The molecule has 174 valence electrons. The number of hydrogen-bond donors (Lipinski definition) is 2. The lowest BCUT2D eigenvalue weighted by atomic mass is 9.93. The van der Waals surface area contributed by atoms with E-state index in [0.717, 1.165) is 18.4 Å². The van der Waals surface area contributed by atoms with E-state index in [4.69, 9.17) is 9.47 Å². The molecule has 7 nitrogen and oxygen atoms in total. The van der Waals surface area contributed by atoms with E-state index < -0.39 is 0 Å². The SMILES string of the molecule is C\C=C/C(OC)=C(C)/C=C(C=O)/C(=C/C)c1ccc(O)c(CNCCN(C)C)c1OC=O. The molecule has 7 heteroatoms. The topological polar surface area (TPSA) is 88.1 Å². The second kappa shape index (κ2) is 14.0. The summed E-state index contributed by atoms with van der Waals surface area (Å²) >= 11 is 0. The van der Waals surface area contributed by atoms with Crippen LogP contribution in [0.25, 0.3) is 5.57 Å². The van der Waals surface area contributed by atoms with Crippen molar-refractivity contribution in [2.45, 2.75) is 27.3 Å². The minimum absolute atomic E-state index is 0.000803. The number of aromatic hydroxyl groups is 1. The van der Waals surface area contributed by atoms with E-state index in [-0.39, 0.29) is 11.5 Å². The third-order valence-corrected chi connectivity index (χ3v) is 4.75. The molecule has 1 rings (SSSR count). The number of allylic oxidation sites excluding steroid dienone is 7. The predicted octanol–water partition coefficient (Wildman–Crippen LogP) is 3.60. The molecule has 0 heterocycles. The number of carbonyl (C=O) groups is 2. The molecule has 0 radical (unpaired) electrons. The fourth-order valence-corrected chi connectivity index (χ4v) is 3.17. The van der Waals surface area contributed by atoms with Crippen molar-refractivity contribution >= 4 is 18.3 Å². The minimum Gasteiger partial charge on any atom is -0.507 e. The van der Waals surface area contributed by atoms with Crippen LogP contribution in [0.1, 0.15) is 31.9 Å². The van der Waals surface area contributed by atoms with Crippen molar-refractivity contribution in [1.29, 1.82) is 0 Å². The lowest BCUT2D eigenvalue weighted by Crippen LogP contribution is -2.26. The highest BCUT2D eigenvalue weighted by Crippen LogP contribution is 2.38. The molecule has 1 aromatic rings. The zero-order chi connectivity index (χ0) is 24.1. The molecule has 0 fully saturated rings. The predicted molar refractivity (Wildman–Crippen MR) is 127 cm³/mol. The Morgan fingerprint density at radius 2 is 1.94 bits per heavy atom. The van der Waals surface area contributed by atoms with E-state index in [2.05, 4.69) is 5.32 Å². The zero-order valence-corrected chi connectivity index (χ0v) is 19.8. The van der Waals surface area contributed by atoms with Gasteiger partial charge in [0.25, 0.3) is 6.47 Å². The molecule has 0 saturated carbocycles. The number of phenolic OH excluding ortho intramolecular Hbond substituents is 1. The molecule has 0 amide bonds. The Balaban J connectivity index is 3.52. The van der Waals surface area contributed by atoms with Gasteiger partial charge in [-0.05, 0) is 70.3 Å². The Bertz CT molecular complexity index is 911. The van der Waals surface area contributed by atoms with E-state index in [0.29, 0.717) is 47.6 Å². The molecule has 0 aliphatic rings. The van der Waals surface area contributed by atoms with Gasteiger partial charge in [-0.2, -0.15) is 0 Å². The number of hydrogen-bond acceptors (Lipinski definition) is 7. The molecule has 0 bridgehead atoms. The monoisotopic (exact) mass is 442 g/mol. The first kappa shape index (κ1) is 26.9. The molecule has 0 spiro atoms. The summed E-state index contributed by atoms with van der Waals surface area (Å²) < 4.78 is 10.7. The summed E-state index contributed by atoms with van der Waals surface area (Å²) in [6.07, 6.45) is 7.88. The summed E-state index contributed by atoms with van der Waals surface area (Å²) in [5.41, 5.74) is 2.68. The Hall–Kier alpha value is -3.16. The average molecular weight is 443 g/mol. The van der Waals surface area contributed by atoms with Gasteiger partial charge in [-0.3, -0.25) is 9.59 Å². The Labute approximate surface area is 190 Å². The van der Waals surface area contributed by atoms with Crippen molar-refractivity contribution in [2.75, 3.05) is 34.3 Å². The van der Waals surface area contributed by atoms with Crippen molar-refractivity contribution in [3.8, 4) is 11.5 Å². The number of methoxy groups -OCH3 is 1. The number of likely N-dealkylation sites (N-methyl/N-ethyl adjacent to an activating group) is 1. The van der Waals surface area contributed by atoms with E-state index in [9.17, 15) is 14.7 Å². The second-order valence-electron chi connectivity index (χ2n) is 7.31. The van der Waals surface area contributed by atoms with Crippen LogP contribution in [0, 0.1) is 0 Å². The first-order chi connectivity index (χ1) is 15.3. The third kappa shape index (κ3) is 7.51. The van der Waals surface area contributed by atoms with Gasteiger partial charge in [0.2, 0.25) is 0 Å². The van der Waals surface area contributed by atoms with Crippen molar-refractivity contribution < 1.29 is 24.2 Å². The summed E-state index contributed by atoms with van der Waals surface area (Å²) in [6, 6.07) is 3.16. The average Bonchev–Trinajstić information content (AvgIpc) is 2.77. The van der Waals surface area contributed by atoms with E-state index in [1.54, 1.807) is 32.3 Å². The van der Waals surface area contributed by atoms with Crippen LogP contribution in [0.5, 0.6) is 11.5 Å². The Kier molecular flexibility index (Phi) is 11.8. The molecule has 0 atom stereocenters. The van der Waals surface area contributed by atoms with Gasteiger partial charge in [-0.25, -0.2) is 0 Å².